The molecule has 1 heterocycles. The molecule has 1 aliphatic rings. The molecule has 1 aliphatic heterocycles. The van der Waals surface area contributed by atoms with Crippen LogP contribution < -0.4 is 5.32 Å². The van der Waals surface area contributed by atoms with Crippen molar-refractivity contribution in [2.24, 2.45) is 0 Å². The highest BCUT2D eigenvalue weighted by atomic mass is 35.5. The summed E-state index contributed by atoms with van der Waals surface area (Å²) >= 11 is 5.62. The summed E-state index contributed by atoms with van der Waals surface area (Å²) < 4.78 is 77.2. The van der Waals surface area contributed by atoms with Crippen molar-refractivity contribution in [2.75, 3.05) is 19.0 Å². The van der Waals surface area contributed by atoms with Gasteiger partial charge >= 0.3 is 12.4 Å². The van der Waals surface area contributed by atoms with Crippen molar-refractivity contribution in [1.82, 2.24) is 10.2 Å². The number of amides is 1. The van der Waals surface area contributed by atoms with Crippen molar-refractivity contribution in [2.45, 2.75) is 31.4 Å². The fraction of sp³-hybridized carbons (Fsp3) is 0.471. The predicted molar refractivity (Wildman–Crippen MR) is 88.1 cm³/mol. The first-order valence-electron chi connectivity index (χ1n) is 8.05. The van der Waals surface area contributed by atoms with Gasteiger partial charge in [-0.1, -0.05) is 12.2 Å². The van der Waals surface area contributed by atoms with Crippen molar-refractivity contribution in [1.29, 1.82) is 0 Å². The second-order valence-corrected chi connectivity index (χ2v) is 6.42. The van der Waals surface area contributed by atoms with Gasteiger partial charge in [0.2, 0.25) is 5.91 Å². The summed E-state index contributed by atoms with van der Waals surface area (Å²) in [7, 11) is 0. The molecule has 0 unspecified atom stereocenters. The monoisotopic (exact) mass is 414 g/mol. The van der Waals surface area contributed by atoms with E-state index < -0.39 is 42.0 Å². The third-order valence-corrected chi connectivity index (χ3v) is 4.28. The van der Waals surface area contributed by atoms with Crippen LogP contribution in [0, 0.1) is 0 Å². The molecule has 0 aromatic heterocycles. The lowest BCUT2D eigenvalue weighted by Gasteiger charge is -2.23. The van der Waals surface area contributed by atoms with Crippen LogP contribution in [0.25, 0.3) is 0 Å². The molecule has 150 valence electrons. The van der Waals surface area contributed by atoms with Crippen LogP contribution in [-0.4, -0.2) is 35.8 Å². The second-order valence-electron chi connectivity index (χ2n) is 6.04. The number of hydrogen-bond donors (Lipinski definition) is 1. The fourth-order valence-corrected chi connectivity index (χ4v) is 2.84. The van der Waals surface area contributed by atoms with Gasteiger partial charge in [-0.25, -0.2) is 0 Å². The Morgan fingerprint density at radius 1 is 1.11 bits per heavy atom. The van der Waals surface area contributed by atoms with Gasteiger partial charge in [-0.2, -0.15) is 26.3 Å². The molecule has 0 saturated carbocycles. The molecule has 0 spiro atoms. The number of benzene rings is 1. The number of halogens is 7. The molecule has 27 heavy (non-hydrogen) atoms. The summed E-state index contributed by atoms with van der Waals surface area (Å²) in [6.07, 6.45) is -5.80. The van der Waals surface area contributed by atoms with Gasteiger partial charge in [0.15, 0.2) is 0 Å². The number of carbonyl (C=O) groups is 1. The highest BCUT2D eigenvalue weighted by Crippen LogP contribution is 2.36. The molecular formula is C17H17ClF6N2O. The first-order chi connectivity index (χ1) is 12.5. The number of nitrogens with zero attached hydrogens (tertiary/aromatic N) is 1. The van der Waals surface area contributed by atoms with Crippen LogP contribution in [0.4, 0.5) is 26.3 Å². The van der Waals surface area contributed by atoms with Crippen molar-refractivity contribution >= 4 is 17.5 Å². The molecule has 1 aromatic carbocycles. The predicted octanol–water partition coefficient (Wildman–Crippen LogP) is 4.21. The van der Waals surface area contributed by atoms with E-state index in [4.69, 9.17) is 11.6 Å². The van der Waals surface area contributed by atoms with Crippen molar-refractivity contribution < 1.29 is 31.1 Å². The summed E-state index contributed by atoms with van der Waals surface area (Å²) in [4.78, 5) is 14.1. The van der Waals surface area contributed by atoms with E-state index in [0.717, 1.165) is 0 Å². The Bertz CT molecular complexity index is 669. The standard InChI is InChI=1S/C17H17ClF6N2O/c18-4-2-6-26-5-1-3-14(26)15(27)25-10-11-7-12(16(19,20)21)9-13(8-11)17(22,23)24/h1,3,7-9,14H,2,4-6,10H2,(H,25,27)/t14-/m0/s1. The quantitative estimate of drug-likeness (QED) is 0.429. The SMILES string of the molecule is O=C(NCc1cc(C(F)(F)F)cc(C(F)(F)F)c1)[C@@H]1C=CCN1CCCCl. The van der Waals surface area contributed by atoms with Crippen LogP contribution in [0.15, 0.2) is 30.4 Å². The molecule has 1 atom stereocenters. The lowest BCUT2D eigenvalue weighted by atomic mass is 10.0. The zero-order valence-corrected chi connectivity index (χ0v) is 14.8. The maximum Gasteiger partial charge on any atom is 0.416 e. The zero-order valence-electron chi connectivity index (χ0n) is 14.0. The van der Waals surface area contributed by atoms with E-state index in [-0.39, 0.29) is 11.6 Å². The van der Waals surface area contributed by atoms with Crippen molar-refractivity contribution in [3.8, 4) is 0 Å². The topological polar surface area (TPSA) is 32.3 Å². The van der Waals surface area contributed by atoms with Gasteiger partial charge in [0.1, 0.15) is 6.04 Å². The minimum Gasteiger partial charge on any atom is -0.350 e. The van der Waals surface area contributed by atoms with E-state index in [9.17, 15) is 31.1 Å². The lowest BCUT2D eigenvalue weighted by Crippen LogP contribution is -2.43. The van der Waals surface area contributed by atoms with Gasteiger partial charge < -0.3 is 5.32 Å². The molecule has 1 N–H and O–H groups in total. The van der Waals surface area contributed by atoms with Gasteiger partial charge in [-0.05, 0) is 30.2 Å². The summed E-state index contributed by atoms with van der Waals surface area (Å²) in [5.41, 5.74) is -3.10. The third kappa shape index (κ3) is 5.87. The Morgan fingerprint density at radius 3 is 2.22 bits per heavy atom. The van der Waals surface area contributed by atoms with Gasteiger partial charge in [-0.3, -0.25) is 9.69 Å². The van der Waals surface area contributed by atoms with Crippen molar-refractivity contribution in [3.63, 3.8) is 0 Å². The van der Waals surface area contributed by atoms with Crippen LogP contribution in [0.5, 0.6) is 0 Å². The number of alkyl halides is 7. The lowest BCUT2D eigenvalue weighted by molar-refractivity contribution is -0.143. The summed E-state index contributed by atoms with van der Waals surface area (Å²) in [6, 6.07) is 0.635. The molecule has 0 radical (unpaired) electrons. The molecule has 2 rings (SSSR count). The van der Waals surface area contributed by atoms with Crippen LogP contribution in [-0.2, 0) is 23.7 Å². The molecule has 0 fully saturated rings. The van der Waals surface area contributed by atoms with E-state index in [1.807, 2.05) is 4.90 Å². The van der Waals surface area contributed by atoms with Crippen LogP contribution >= 0.6 is 11.6 Å². The summed E-state index contributed by atoms with van der Waals surface area (Å²) in [5, 5.41) is 2.41. The minimum absolute atomic E-state index is 0.0545. The van der Waals surface area contributed by atoms with Gasteiger partial charge in [0.25, 0.3) is 0 Å². The van der Waals surface area contributed by atoms with Crippen LogP contribution in [0.3, 0.4) is 0 Å². The number of carbonyl (C=O) groups excluding carboxylic acids is 1. The number of hydrogen-bond acceptors (Lipinski definition) is 2. The normalized spacial score (nSPS) is 18.1. The fourth-order valence-electron chi connectivity index (χ4n) is 2.72. The minimum atomic E-state index is -4.92. The van der Waals surface area contributed by atoms with E-state index in [1.165, 1.54) is 0 Å². The van der Waals surface area contributed by atoms with Gasteiger partial charge in [-0.15, -0.1) is 11.6 Å². The second kappa shape index (κ2) is 8.52. The van der Waals surface area contributed by atoms with Crippen LogP contribution in [0.2, 0.25) is 0 Å². The van der Waals surface area contributed by atoms with E-state index in [1.54, 1.807) is 12.2 Å². The highest BCUT2D eigenvalue weighted by molar-refractivity contribution is 6.17. The summed E-state index contributed by atoms with van der Waals surface area (Å²) in [6.45, 7) is 0.632. The molecule has 0 aliphatic carbocycles. The number of rotatable bonds is 6. The maximum atomic E-state index is 12.9. The number of nitrogens with one attached hydrogen (secondary N) is 1. The highest BCUT2D eigenvalue weighted by Gasteiger charge is 2.37. The molecule has 10 heteroatoms. The molecule has 3 nitrogen and oxygen atoms in total. The molecule has 0 saturated heterocycles. The zero-order chi connectivity index (χ0) is 20.2. The molecule has 1 aromatic rings. The Labute approximate surface area is 157 Å². The van der Waals surface area contributed by atoms with Crippen LogP contribution in [0.1, 0.15) is 23.1 Å². The molecule has 1 amide bonds. The van der Waals surface area contributed by atoms with Gasteiger partial charge in [0.05, 0.1) is 11.1 Å². The molecular weight excluding hydrogens is 398 g/mol. The Hall–Kier alpha value is -1.74. The average molecular weight is 415 g/mol. The molecule has 0 bridgehead atoms. The first kappa shape index (κ1) is 21.6. The smallest absolute Gasteiger partial charge is 0.350 e. The van der Waals surface area contributed by atoms with E-state index >= 15 is 0 Å². The van der Waals surface area contributed by atoms with E-state index in [2.05, 4.69) is 5.32 Å². The maximum absolute atomic E-state index is 12.9. The van der Waals surface area contributed by atoms with E-state index in [0.29, 0.717) is 37.5 Å². The summed E-state index contributed by atoms with van der Waals surface area (Å²) in [5.74, 6) is -0.0840. The Kier molecular flexibility index (Phi) is 6.80. The Morgan fingerprint density at radius 2 is 1.70 bits per heavy atom. The largest absolute Gasteiger partial charge is 0.416 e. The van der Waals surface area contributed by atoms with Crippen molar-refractivity contribution in [3.05, 3.63) is 47.0 Å². The third-order valence-electron chi connectivity index (χ3n) is 4.01. The Balaban J connectivity index is 2.12. The average Bonchev–Trinajstić information content (AvgIpc) is 3.04. The first-order valence-corrected chi connectivity index (χ1v) is 8.58. The van der Waals surface area contributed by atoms with Gasteiger partial charge in [0, 0.05) is 25.5 Å².